The summed E-state index contributed by atoms with van der Waals surface area (Å²) in [6.45, 7) is 5.16. The fourth-order valence-corrected chi connectivity index (χ4v) is 2.23. The van der Waals surface area contributed by atoms with Gasteiger partial charge in [0.15, 0.2) is 0 Å². The minimum Gasteiger partial charge on any atom is -0.496 e. The van der Waals surface area contributed by atoms with Crippen molar-refractivity contribution in [1.29, 1.82) is 0 Å². The molecule has 0 aromatic heterocycles. The highest BCUT2D eigenvalue weighted by Gasteiger charge is 2.44. The molecule has 0 amide bonds. The number of rotatable bonds is 4. The predicted octanol–water partition coefficient (Wildman–Crippen LogP) is 2.81. The Kier molecular flexibility index (Phi) is 2.94. The van der Waals surface area contributed by atoms with Gasteiger partial charge in [-0.25, -0.2) is 0 Å². The molecular weight excluding hydrogens is 198 g/mol. The highest BCUT2D eigenvalue weighted by atomic mass is 16.5. The highest BCUT2D eigenvalue weighted by molar-refractivity contribution is 5.46. The van der Waals surface area contributed by atoms with E-state index in [9.17, 15) is 0 Å². The lowest BCUT2D eigenvalue weighted by atomic mass is 9.91. The van der Waals surface area contributed by atoms with Crippen LogP contribution in [0.15, 0.2) is 18.2 Å². The molecule has 0 atom stereocenters. The second-order valence-corrected chi connectivity index (χ2v) is 5.10. The summed E-state index contributed by atoms with van der Waals surface area (Å²) in [5.41, 5.74) is 8.78. The first-order chi connectivity index (χ1) is 7.63. The average Bonchev–Trinajstić information content (AvgIpc) is 3.09. The summed E-state index contributed by atoms with van der Waals surface area (Å²) in [6.07, 6.45) is 2.39. The zero-order valence-corrected chi connectivity index (χ0v) is 10.4. The fourth-order valence-electron chi connectivity index (χ4n) is 2.23. The van der Waals surface area contributed by atoms with E-state index in [1.54, 1.807) is 7.11 Å². The first kappa shape index (κ1) is 11.5. The molecule has 1 aromatic carbocycles. The monoisotopic (exact) mass is 219 g/mol. The molecule has 16 heavy (non-hydrogen) atoms. The molecular formula is C14H21NO. The lowest BCUT2D eigenvalue weighted by Crippen LogP contribution is -2.20. The summed E-state index contributed by atoms with van der Waals surface area (Å²) >= 11 is 0. The molecule has 1 aromatic rings. The van der Waals surface area contributed by atoms with Crippen LogP contribution in [0.1, 0.15) is 43.7 Å². The Balaban J connectivity index is 2.44. The maximum atomic E-state index is 5.90. The first-order valence-electron chi connectivity index (χ1n) is 6.01. The van der Waals surface area contributed by atoms with Crippen molar-refractivity contribution in [3.8, 4) is 5.75 Å². The molecule has 2 nitrogen and oxygen atoms in total. The van der Waals surface area contributed by atoms with Crippen molar-refractivity contribution in [1.82, 2.24) is 0 Å². The van der Waals surface area contributed by atoms with E-state index in [1.807, 2.05) is 0 Å². The zero-order valence-electron chi connectivity index (χ0n) is 10.4. The van der Waals surface area contributed by atoms with Crippen LogP contribution in [0.25, 0.3) is 0 Å². The van der Waals surface area contributed by atoms with Crippen LogP contribution in [-0.2, 0) is 5.41 Å². The third kappa shape index (κ3) is 1.82. The average molecular weight is 219 g/mol. The fraction of sp³-hybridized carbons (Fsp3) is 0.571. The molecule has 0 unspecified atom stereocenters. The van der Waals surface area contributed by atoms with E-state index in [0.717, 1.165) is 12.3 Å². The molecule has 1 aliphatic carbocycles. The lowest BCUT2D eigenvalue weighted by molar-refractivity contribution is 0.404. The van der Waals surface area contributed by atoms with Gasteiger partial charge in [0.05, 0.1) is 7.11 Å². The second-order valence-electron chi connectivity index (χ2n) is 5.10. The van der Waals surface area contributed by atoms with Crippen molar-refractivity contribution in [2.24, 2.45) is 5.73 Å². The van der Waals surface area contributed by atoms with Crippen LogP contribution in [0, 0.1) is 0 Å². The molecule has 2 heteroatoms. The van der Waals surface area contributed by atoms with Crippen LogP contribution in [0.4, 0.5) is 0 Å². The smallest absolute Gasteiger partial charge is 0.122 e. The number of nitrogens with two attached hydrogens (primary N) is 1. The molecule has 2 rings (SSSR count). The quantitative estimate of drug-likeness (QED) is 0.845. The minimum absolute atomic E-state index is 0.205. The summed E-state index contributed by atoms with van der Waals surface area (Å²) in [5, 5.41) is 0. The molecule has 0 spiro atoms. The van der Waals surface area contributed by atoms with Gasteiger partial charge in [-0.15, -0.1) is 0 Å². The van der Waals surface area contributed by atoms with Crippen molar-refractivity contribution < 1.29 is 4.74 Å². The van der Waals surface area contributed by atoms with Gasteiger partial charge in [0.1, 0.15) is 5.75 Å². The van der Waals surface area contributed by atoms with E-state index in [4.69, 9.17) is 10.5 Å². The van der Waals surface area contributed by atoms with Crippen LogP contribution in [0.5, 0.6) is 5.75 Å². The summed E-state index contributed by atoms with van der Waals surface area (Å²) in [7, 11) is 1.74. The first-order valence-corrected chi connectivity index (χ1v) is 6.01. The van der Waals surface area contributed by atoms with E-state index < -0.39 is 0 Å². The summed E-state index contributed by atoms with van der Waals surface area (Å²) in [4.78, 5) is 0. The van der Waals surface area contributed by atoms with Crippen molar-refractivity contribution in [2.45, 2.75) is 38.0 Å². The molecule has 0 heterocycles. The van der Waals surface area contributed by atoms with Gasteiger partial charge in [-0.1, -0.05) is 26.0 Å². The van der Waals surface area contributed by atoms with Gasteiger partial charge in [0, 0.05) is 17.5 Å². The van der Waals surface area contributed by atoms with Gasteiger partial charge in [-0.3, -0.25) is 0 Å². The van der Waals surface area contributed by atoms with Crippen LogP contribution < -0.4 is 10.5 Å². The second kappa shape index (κ2) is 4.10. The summed E-state index contributed by atoms with van der Waals surface area (Å²) in [6, 6.07) is 6.52. The zero-order chi connectivity index (χ0) is 11.8. The summed E-state index contributed by atoms with van der Waals surface area (Å²) < 4.78 is 5.45. The van der Waals surface area contributed by atoms with E-state index in [1.165, 1.54) is 24.0 Å². The molecule has 0 bridgehead atoms. The standard InChI is InChI=1S/C14H21NO/c1-10(2)11-4-5-13(16-3)12(8-11)14(9-15)6-7-14/h4-5,8,10H,6-7,9,15H2,1-3H3. The van der Waals surface area contributed by atoms with Crippen LogP contribution in [0.2, 0.25) is 0 Å². The molecule has 1 saturated carbocycles. The van der Waals surface area contributed by atoms with Gasteiger partial charge >= 0.3 is 0 Å². The van der Waals surface area contributed by atoms with Crippen molar-refractivity contribution >= 4 is 0 Å². The maximum absolute atomic E-state index is 5.90. The molecule has 1 fully saturated rings. The normalized spacial score (nSPS) is 17.6. The molecule has 2 N–H and O–H groups in total. The van der Waals surface area contributed by atoms with Gasteiger partial charge in [0.25, 0.3) is 0 Å². The minimum atomic E-state index is 0.205. The number of hydrogen-bond donors (Lipinski definition) is 1. The van der Waals surface area contributed by atoms with Crippen molar-refractivity contribution in [3.05, 3.63) is 29.3 Å². The number of hydrogen-bond acceptors (Lipinski definition) is 2. The molecule has 0 radical (unpaired) electrons. The highest BCUT2D eigenvalue weighted by Crippen LogP contribution is 2.50. The Morgan fingerprint density at radius 1 is 1.38 bits per heavy atom. The maximum Gasteiger partial charge on any atom is 0.122 e. The Morgan fingerprint density at radius 3 is 2.50 bits per heavy atom. The van der Waals surface area contributed by atoms with E-state index in [-0.39, 0.29) is 5.41 Å². The topological polar surface area (TPSA) is 35.2 Å². The van der Waals surface area contributed by atoms with Crippen molar-refractivity contribution in [2.75, 3.05) is 13.7 Å². The molecule has 88 valence electrons. The van der Waals surface area contributed by atoms with Crippen LogP contribution >= 0.6 is 0 Å². The van der Waals surface area contributed by atoms with Crippen LogP contribution in [-0.4, -0.2) is 13.7 Å². The number of benzene rings is 1. The third-order valence-electron chi connectivity index (χ3n) is 3.71. The third-order valence-corrected chi connectivity index (χ3v) is 3.71. The predicted molar refractivity (Wildman–Crippen MR) is 67.0 cm³/mol. The Labute approximate surface area is 97.8 Å². The molecule has 0 aliphatic heterocycles. The van der Waals surface area contributed by atoms with E-state index >= 15 is 0 Å². The summed E-state index contributed by atoms with van der Waals surface area (Å²) in [5.74, 6) is 1.55. The SMILES string of the molecule is COc1ccc(C(C)C)cc1C1(CN)CC1. The Bertz CT molecular complexity index is 380. The Hall–Kier alpha value is -1.02. The lowest BCUT2D eigenvalue weighted by Gasteiger charge is -2.19. The van der Waals surface area contributed by atoms with E-state index in [0.29, 0.717) is 5.92 Å². The van der Waals surface area contributed by atoms with E-state index in [2.05, 4.69) is 32.0 Å². The number of ether oxygens (including phenoxy) is 1. The van der Waals surface area contributed by atoms with Crippen LogP contribution in [0.3, 0.4) is 0 Å². The van der Waals surface area contributed by atoms with Gasteiger partial charge in [-0.2, -0.15) is 0 Å². The molecule has 0 saturated heterocycles. The molecule has 1 aliphatic rings. The van der Waals surface area contributed by atoms with Crippen molar-refractivity contribution in [3.63, 3.8) is 0 Å². The number of methoxy groups -OCH3 is 1. The Morgan fingerprint density at radius 2 is 2.06 bits per heavy atom. The van der Waals surface area contributed by atoms with Gasteiger partial charge < -0.3 is 10.5 Å². The van der Waals surface area contributed by atoms with Gasteiger partial charge in [0.2, 0.25) is 0 Å². The largest absolute Gasteiger partial charge is 0.496 e. The van der Waals surface area contributed by atoms with Gasteiger partial charge in [-0.05, 0) is 30.4 Å².